The number of aryl methyl sites for hydroxylation is 1. The van der Waals surface area contributed by atoms with E-state index in [0.29, 0.717) is 16.7 Å². The molecule has 0 aliphatic rings. The summed E-state index contributed by atoms with van der Waals surface area (Å²) >= 11 is 4.99. The van der Waals surface area contributed by atoms with E-state index in [2.05, 4.69) is 20.9 Å². The van der Waals surface area contributed by atoms with Crippen LogP contribution in [0.15, 0.2) is 58.8 Å². The Balaban J connectivity index is 1.95. The average molecular weight is 403 g/mol. The number of Topliss-reactive ketones (excluding diaryl/α,β-unsaturated/α-hetero) is 1. The number of hydrogen-bond donors (Lipinski definition) is 0. The smallest absolute Gasteiger partial charge is 0.191 e. The Hall–Kier alpha value is -2.05. The van der Waals surface area contributed by atoms with Gasteiger partial charge in [0.05, 0.1) is 16.8 Å². The number of hydrogen-bond acceptors (Lipinski definition) is 4. The van der Waals surface area contributed by atoms with Crippen LogP contribution in [0.3, 0.4) is 0 Å². The standard InChI is InChI=1S/C18H15BrN2O2S/c1-12-18(24-11-20-12)16(13-4-6-15(19)7-5-13)9-17(22)14-3-2-8-21(23)10-14/h2-8,10-11,16H,9H2,1H3. The Morgan fingerprint density at radius 3 is 2.71 bits per heavy atom. The maximum atomic E-state index is 12.7. The van der Waals surface area contributed by atoms with E-state index in [1.165, 1.54) is 12.4 Å². The molecule has 0 radical (unpaired) electrons. The van der Waals surface area contributed by atoms with Crippen LogP contribution >= 0.6 is 27.3 Å². The van der Waals surface area contributed by atoms with E-state index in [-0.39, 0.29) is 11.7 Å². The van der Waals surface area contributed by atoms with E-state index in [0.717, 1.165) is 20.6 Å². The zero-order valence-electron chi connectivity index (χ0n) is 13.0. The summed E-state index contributed by atoms with van der Waals surface area (Å²) in [5.74, 6) is -0.126. The van der Waals surface area contributed by atoms with Crippen LogP contribution in [-0.4, -0.2) is 10.8 Å². The number of ketones is 1. The minimum Gasteiger partial charge on any atom is -0.619 e. The van der Waals surface area contributed by atoms with Crippen LogP contribution < -0.4 is 4.73 Å². The van der Waals surface area contributed by atoms with Gasteiger partial charge in [-0.15, -0.1) is 11.3 Å². The molecule has 24 heavy (non-hydrogen) atoms. The minimum absolute atomic E-state index is 0.0547. The predicted octanol–water partition coefficient (Wildman–Crippen LogP) is 4.25. The molecule has 0 saturated carbocycles. The van der Waals surface area contributed by atoms with Gasteiger partial charge < -0.3 is 5.21 Å². The van der Waals surface area contributed by atoms with E-state index >= 15 is 0 Å². The molecule has 0 saturated heterocycles. The topological polar surface area (TPSA) is 56.9 Å². The summed E-state index contributed by atoms with van der Waals surface area (Å²) in [4.78, 5) is 18.1. The minimum atomic E-state index is -0.0709. The number of carbonyl (C=O) groups excluding carboxylic acids is 1. The van der Waals surface area contributed by atoms with Gasteiger partial charge in [-0.25, -0.2) is 4.98 Å². The van der Waals surface area contributed by atoms with Crippen molar-refractivity contribution in [2.24, 2.45) is 0 Å². The Labute approximate surface area is 152 Å². The SMILES string of the molecule is Cc1ncsc1C(CC(=O)c1ccc[n+]([O-])c1)c1ccc(Br)cc1. The number of benzene rings is 1. The summed E-state index contributed by atoms with van der Waals surface area (Å²) in [6, 6.07) is 11.2. The van der Waals surface area contributed by atoms with Gasteiger partial charge >= 0.3 is 0 Å². The van der Waals surface area contributed by atoms with Crippen molar-refractivity contribution in [2.75, 3.05) is 0 Å². The first-order valence-corrected chi connectivity index (χ1v) is 9.09. The molecule has 0 bridgehead atoms. The molecule has 0 spiro atoms. The second-order valence-corrected chi connectivity index (χ2v) is 7.29. The lowest BCUT2D eigenvalue weighted by Crippen LogP contribution is -2.26. The molecule has 4 nitrogen and oxygen atoms in total. The summed E-state index contributed by atoms with van der Waals surface area (Å²) in [5, 5.41) is 11.4. The van der Waals surface area contributed by atoms with Gasteiger partial charge in [0.1, 0.15) is 0 Å². The third kappa shape index (κ3) is 3.71. The first-order valence-electron chi connectivity index (χ1n) is 7.42. The summed E-state index contributed by atoms with van der Waals surface area (Å²) in [5.41, 5.74) is 4.23. The van der Waals surface area contributed by atoms with E-state index in [9.17, 15) is 10.0 Å². The molecule has 0 aliphatic carbocycles. The lowest BCUT2D eigenvalue weighted by molar-refractivity contribution is -0.605. The fraction of sp³-hybridized carbons (Fsp3) is 0.167. The largest absolute Gasteiger partial charge is 0.619 e. The Morgan fingerprint density at radius 2 is 2.08 bits per heavy atom. The molecule has 1 aromatic carbocycles. The van der Waals surface area contributed by atoms with E-state index in [1.807, 2.05) is 31.2 Å². The quantitative estimate of drug-likeness (QED) is 0.364. The molecule has 2 heterocycles. The van der Waals surface area contributed by atoms with Gasteiger partial charge in [0.25, 0.3) is 0 Å². The molecule has 2 aromatic heterocycles. The third-order valence-corrected chi connectivity index (χ3v) is 5.43. The molecular formula is C18H15BrN2O2S. The number of carbonyl (C=O) groups is 1. The van der Waals surface area contributed by atoms with Crippen LogP contribution in [0.1, 0.15) is 38.8 Å². The summed E-state index contributed by atoms with van der Waals surface area (Å²) in [7, 11) is 0. The number of rotatable bonds is 5. The normalized spacial score (nSPS) is 12.1. The molecule has 0 fully saturated rings. The van der Waals surface area contributed by atoms with Crippen LogP contribution in [0, 0.1) is 12.1 Å². The molecule has 6 heteroatoms. The summed E-state index contributed by atoms with van der Waals surface area (Å²) in [6.45, 7) is 1.95. The van der Waals surface area contributed by atoms with Crippen molar-refractivity contribution in [3.63, 3.8) is 0 Å². The van der Waals surface area contributed by atoms with Crippen molar-refractivity contribution in [1.82, 2.24) is 4.98 Å². The second kappa shape index (κ2) is 7.23. The monoisotopic (exact) mass is 402 g/mol. The predicted molar refractivity (Wildman–Crippen MR) is 97.2 cm³/mol. The lowest BCUT2D eigenvalue weighted by atomic mass is 9.90. The Kier molecular flexibility index (Phi) is 5.06. The number of halogens is 1. The van der Waals surface area contributed by atoms with Gasteiger partial charge in [0.2, 0.25) is 0 Å². The maximum Gasteiger partial charge on any atom is 0.191 e. The average Bonchev–Trinajstić information content (AvgIpc) is 2.99. The van der Waals surface area contributed by atoms with E-state index < -0.39 is 0 Å². The number of aromatic nitrogens is 2. The molecular weight excluding hydrogens is 388 g/mol. The summed E-state index contributed by atoms with van der Waals surface area (Å²) in [6.07, 6.45) is 2.99. The van der Waals surface area contributed by atoms with Crippen molar-refractivity contribution in [1.29, 1.82) is 0 Å². The van der Waals surface area contributed by atoms with Gasteiger partial charge in [-0.3, -0.25) is 4.79 Å². The highest BCUT2D eigenvalue weighted by molar-refractivity contribution is 9.10. The fourth-order valence-electron chi connectivity index (χ4n) is 2.63. The van der Waals surface area contributed by atoms with Gasteiger partial charge in [0, 0.05) is 27.8 Å². The maximum absolute atomic E-state index is 12.7. The Bertz CT molecular complexity index is 861. The number of nitrogens with zero attached hydrogens (tertiary/aromatic N) is 2. The number of pyridine rings is 1. The molecule has 3 aromatic rings. The van der Waals surface area contributed by atoms with Crippen LogP contribution in [0.4, 0.5) is 0 Å². The van der Waals surface area contributed by atoms with Crippen molar-refractivity contribution < 1.29 is 9.52 Å². The molecule has 0 aliphatic heterocycles. The van der Waals surface area contributed by atoms with Crippen LogP contribution in [0.5, 0.6) is 0 Å². The van der Waals surface area contributed by atoms with Gasteiger partial charge in [-0.05, 0) is 30.7 Å². The van der Waals surface area contributed by atoms with Crippen molar-refractivity contribution in [2.45, 2.75) is 19.3 Å². The first kappa shape index (κ1) is 16.8. The molecule has 1 unspecified atom stereocenters. The van der Waals surface area contributed by atoms with Gasteiger partial charge in [-0.2, -0.15) is 4.73 Å². The van der Waals surface area contributed by atoms with E-state index in [4.69, 9.17) is 0 Å². The molecule has 0 amide bonds. The fourth-order valence-corrected chi connectivity index (χ4v) is 3.82. The van der Waals surface area contributed by atoms with Crippen LogP contribution in [0.25, 0.3) is 0 Å². The highest BCUT2D eigenvalue weighted by atomic mass is 79.9. The molecule has 0 N–H and O–H groups in total. The molecule has 1 atom stereocenters. The lowest BCUT2D eigenvalue weighted by Gasteiger charge is -2.16. The Morgan fingerprint density at radius 1 is 1.33 bits per heavy atom. The zero-order chi connectivity index (χ0) is 17.1. The van der Waals surface area contributed by atoms with Crippen molar-refractivity contribution in [3.05, 3.63) is 85.7 Å². The summed E-state index contributed by atoms with van der Waals surface area (Å²) < 4.78 is 1.65. The molecule has 3 rings (SSSR count). The van der Waals surface area contributed by atoms with E-state index in [1.54, 1.807) is 29.0 Å². The van der Waals surface area contributed by atoms with Crippen LogP contribution in [-0.2, 0) is 0 Å². The first-order chi connectivity index (χ1) is 11.5. The third-order valence-electron chi connectivity index (χ3n) is 3.86. The van der Waals surface area contributed by atoms with Crippen LogP contribution in [0.2, 0.25) is 0 Å². The zero-order valence-corrected chi connectivity index (χ0v) is 15.4. The second-order valence-electron chi connectivity index (χ2n) is 5.49. The van der Waals surface area contributed by atoms with Gasteiger partial charge in [0.15, 0.2) is 18.2 Å². The van der Waals surface area contributed by atoms with Crippen molar-refractivity contribution in [3.8, 4) is 0 Å². The molecule has 122 valence electrons. The van der Waals surface area contributed by atoms with Crippen molar-refractivity contribution >= 4 is 33.0 Å². The highest BCUT2D eigenvalue weighted by Gasteiger charge is 2.23. The highest BCUT2D eigenvalue weighted by Crippen LogP contribution is 2.34. The number of thiazole rings is 1. The van der Waals surface area contributed by atoms with Gasteiger partial charge in [-0.1, -0.05) is 28.1 Å².